The number of hydrogen-bond acceptors (Lipinski definition) is 5. The number of carboxylic acids is 1. The summed E-state index contributed by atoms with van der Waals surface area (Å²) in [5.74, 6) is -1.52. The number of aliphatic carboxylic acids is 1. The summed E-state index contributed by atoms with van der Waals surface area (Å²) in [5.41, 5.74) is -0.379. The number of carboxylic acid groups (broad SMARTS) is 1. The van der Waals surface area contributed by atoms with Gasteiger partial charge in [-0.15, -0.1) is 0 Å². The molecule has 7 heteroatoms. The van der Waals surface area contributed by atoms with Gasteiger partial charge in [-0.2, -0.15) is 8.42 Å². The van der Waals surface area contributed by atoms with Crippen molar-refractivity contribution in [3.63, 3.8) is 0 Å². The Morgan fingerprint density at radius 1 is 1.50 bits per heavy atom. The minimum Gasteiger partial charge on any atom is -0.545 e. The van der Waals surface area contributed by atoms with Crippen LogP contribution in [0.2, 0.25) is 0 Å². The van der Waals surface area contributed by atoms with E-state index in [9.17, 15) is 18.3 Å². The van der Waals surface area contributed by atoms with E-state index < -0.39 is 16.1 Å². The van der Waals surface area contributed by atoms with Crippen molar-refractivity contribution in [3.8, 4) is 0 Å². The van der Waals surface area contributed by atoms with E-state index in [1.165, 1.54) is 0 Å². The van der Waals surface area contributed by atoms with E-state index in [0.717, 1.165) is 6.92 Å². The van der Waals surface area contributed by atoms with Crippen LogP contribution in [0.1, 0.15) is 20.3 Å². The molecule has 0 saturated heterocycles. The van der Waals surface area contributed by atoms with Crippen molar-refractivity contribution in [2.75, 3.05) is 6.61 Å². The molecule has 0 radical (unpaired) electrons. The topological polar surface area (TPSA) is 83.5 Å². The number of rotatable bonds is 5. The summed E-state index contributed by atoms with van der Waals surface area (Å²) in [6.07, 6.45) is 0.539. The van der Waals surface area contributed by atoms with Crippen LogP contribution in [0, 0.1) is 0 Å². The maximum Gasteiger partial charge on any atom is 1.00 e. The van der Waals surface area contributed by atoms with Gasteiger partial charge in [0.25, 0.3) is 10.1 Å². The van der Waals surface area contributed by atoms with Crippen molar-refractivity contribution in [3.05, 3.63) is 11.0 Å². The summed E-state index contributed by atoms with van der Waals surface area (Å²) in [6, 6.07) is 0. The van der Waals surface area contributed by atoms with Crippen LogP contribution in [0.3, 0.4) is 0 Å². The SMILES string of the molecule is CCCOS(=O)(=O)C=C(C)C(=O)[O-].[K+]. The van der Waals surface area contributed by atoms with Crippen molar-refractivity contribution in [1.82, 2.24) is 0 Å². The van der Waals surface area contributed by atoms with Crippen molar-refractivity contribution < 1.29 is 73.9 Å². The molecule has 0 aromatic rings. The number of carbonyl (C=O) groups excluding carboxylic acids is 1. The molecule has 0 spiro atoms. The second kappa shape index (κ2) is 7.97. The Hall–Kier alpha value is 0.756. The van der Waals surface area contributed by atoms with Gasteiger partial charge in [-0.25, -0.2) is 0 Å². The molecule has 0 aliphatic carbocycles. The third-order valence-electron chi connectivity index (χ3n) is 1.09. The fourth-order valence-electron chi connectivity index (χ4n) is 0.498. The summed E-state index contributed by atoms with van der Waals surface area (Å²) in [6.45, 7) is 2.91. The first kappa shape index (κ1) is 17.2. The van der Waals surface area contributed by atoms with Gasteiger partial charge in [-0.1, -0.05) is 6.92 Å². The zero-order chi connectivity index (χ0) is 10.5. The van der Waals surface area contributed by atoms with E-state index in [0.29, 0.717) is 11.8 Å². The molecule has 5 nitrogen and oxygen atoms in total. The minimum absolute atomic E-state index is 0. The van der Waals surface area contributed by atoms with Gasteiger partial charge in [-0.3, -0.25) is 4.18 Å². The first-order chi connectivity index (χ1) is 5.89. The van der Waals surface area contributed by atoms with Gasteiger partial charge in [0, 0.05) is 0 Å². The molecule has 0 rings (SSSR count). The normalized spacial score (nSPS) is 12.0. The summed E-state index contributed by atoms with van der Waals surface area (Å²) in [4.78, 5) is 10.2. The summed E-state index contributed by atoms with van der Waals surface area (Å²) in [7, 11) is -3.87. The Bertz CT molecular complexity index is 306. The van der Waals surface area contributed by atoms with Crippen LogP contribution in [-0.4, -0.2) is 21.0 Å². The van der Waals surface area contributed by atoms with Crippen molar-refractivity contribution in [2.45, 2.75) is 20.3 Å². The Kier molecular flexibility index (Phi) is 9.77. The molecule has 0 atom stereocenters. The maximum atomic E-state index is 10.9. The van der Waals surface area contributed by atoms with Crippen LogP contribution in [-0.2, 0) is 19.1 Å². The zero-order valence-corrected chi connectivity index (χ0v) is 12.4. The number of hydrogen-bond donors (Lipinski definition) is 0. The van der Waals surface area contributed by atoms with E-state index in [1.807, 2.05) is 0 Å². The van der Waals surface area contributed by atoms with Crippen LogP contribution >= 0.6 is 0 Å². The third-order valence-corrected chi connectivity index (χ3v) is 2.23. The van der Waals surface area contributed by atoms with Gasteiger partial charge >= 0.3 is 51.4 Å². The molecule has 76 valence electrons. The first-order valence-corrected chi connectivity index (χ1v) is 5.15. The largest absolute Gasteiger partial charge is 1.00 e. The monoisotopic (exact) mass is 246 g/mol. The zero-order valence-electron chi connectivity index (χ0n) is 8.44. The van der Waals surface area contributed by atoms with Gasteiger partial charge in [-0.05, 0) is 18.9 Å². The molecule has 0 fully saturated rings. The molecule has 0 aliphatic heterocycles. The summed E-state index contributed by atoms with van der Waals surface area (Å²) < 4.78 is 26.2. The van der Waals surface area contributed by atoms with Crippen LogP contribution in [0.15, 0.2) is 11.0 Å². The van der Waals surface area contributed by atoms with E-state index in [4.69, 9.17) is 0 Å². The van der Waals surface area contributed by atoms with E-state index in [1.54, 1.807) is 6.92 Å². The Labute approximate surface area is 126 Å². The predicted molar refractivity (Wildman–Crippen MR) is 43.9 cm³/mol. The molecule has 0 unspecified atom stereocenters. The molecule has 14 heavy (non-hydrogen) atoms. The Morgan fingerprint density at radius 3 is 2.36 bits per heavy atom. The fraction of sp³-hybridized carbons (Fsp3) is 0.571. The second-order valence-electron chi connectivity index (χ2n) is 2.40. The molecule has 0 N–H and O–H groups in total. The molecule has 0 amide bonds. The third kappa shape index (κ3) is 8.10. The molecule has 0 heterocycles. The van der Waals surface area contributed by atoms with Gasteiger partial charge in [0.2, 0.25) is 0 Å². The maximum absolute atomic E-state index is 10.9. The standard InChI is InChI=1S/C7H12O5S.K/c1-3-4-12-13(10,11)5-6(2)7(8)9;/h5H,3-4H2,1-2H3,(H,8,9);/q;+1/p-1. The molecule has 0 aromatic carbocycles. The van der Waals surface area contributed by atoms with Crippen LogP contribution < -0.4 is 56.5 Å². The Balaban J connectivity index is 0. The van der Waals surface area contributed by atoms with Gasteiger partial charge in [0.15, 0.2) is 0 Å². The van der Waals surface area contributed by atoms with Crippen molar-refractivity contribution in [2.24, 2.45) is 0 Å². The minimum atomic E-state index is -3.87. The average molecular weight is 246 g/mol. The van der Waals surface area contributed by atoms with Crippen molar-refractivity contribution in [1.29, 1.82) is 0 Å². The quantitative estimate of drug-likeness (QED) is 0.284. The van der Waals surface area contributed by atoms with Crippen LogP contribution in [0.25, 0.3) is 0 Å². The van der Waals surface area contributed by atoms with Crippen LogP contribution in [0.4, 0.5) is 0 Å². The smallest absolute Gasteiger partial charge is 0.545 e. The number of carbonyl (C=O) groups is 1. The summed E-state index contributed by atoms with van der Waals surface area (Å²) >= 11 is 0. The average Bonchev–Trinajstić information content (AvgIpc) is 2.00. The van der Waals surface area contributed by atoms with Gasteiger partial charge in [0.1, 0.15) is 0 Å². The van der Waals surface area contributed by atoms with Crippen LogP contribution in [0.5, 0.6) is 0 Å². The molecular formula is C7H11KO5S. The predicted octanol–water partition coefficient (Wildman–Crippen LogP) is -3.60. The van der Waals surface area contributed by atoms with Crippen molar-refractivity contribution >= 4 is 16.1 Å². The molecular weight excluding hydrogens is 235 g/mol. The van der Waals surface area contributed by atoms with Gasteiger partial charge in [0.05, 0.1) is 18.0 Å². The molecule has 0 saturated carbocycles. The molecule has 0 aliphatic rings. The van der Waals surface area contributed by atoms with E-state index >= 15 is 0 Å². The van der Waals surface area contributed by atoms with E-state index in [2.05, 4.69) is 4.18 Å². The Morgan fingerprint density at radius 2 is 2.00 bits per heavy atom. The molecule has 0 aromatic heterocycles. The van der Waals surface area contributed by atoms with Gasteiger partial charge < -0.3 is 9.90 Å². The first-order valence-electron chi connectivity index (χ1n) is 3.68. The van der Waals surface area contributed by atoms with E-state index in [-0.39, 0.29) is 63.6 Å². The second-order valence-corrected chi connectivity index (χ2v) is 3.86. The molecule has 0 bridgehead atoms. The summed E-state index contributed by atoms with van der Waals surface area (Å²) in [5, 5.41) is 10.7. The fourth-order valence-corrected chi connectivity index (χ4v) is 1.49.